The van der Waals surface area contributed by atoms with Crippen molar-refractivity contribution in [2.75, 3.05) is 14.1 Å². The number of nitrogens with zero attached hydrogens (tertiary/aromatic N) is 3. The van der Waals surface area contributed by atoms with Crippen molar-refractivity contribution < 1.29 is 22.0 Å². The summed E-state index contributed by atoms with van der Waals surface area (Å²) in [6, 6.07) is 9.99. The van der Waals surface area contributed by atoms with E-state index in [9.17, 15) is 17.6 Å². The zero-order chi connectivity index (χ0) is 22.6. The smallest absolute Gasteiger partial charge is 0.276 e. The van der Waals surface area contributed by atoms with E-state index in [1.165, 1.54) is 50.5 Å². The van der Waals surface area contributed by atoms with E-state index in [0.29, 0.717) is 10.6 Å². The summed E-state index contributed by atoms with van der Waals surface area (Å²) in [5.41, 5.74) is 0.614. The van der Waals surface area contributed by atoms with E-state index in [1.807, 2.05) is 0 Å². The van der Waals surface area contributed by atoms with Crippen molar-refractivity contribution in [3.05, 3.63) is 70.3 Å². The lowest BCUT2D eigenvalue weighted by Gasteiger charge is -2.11. The Hall–Kier alpha value is -2.47. The molecule has 0 aliphatic rings. The van der Waals surface area contributed by atoms with Gasteiger partial charge in [0.2, 0.25) is 15.9 Å². The third kappa shape index (κ3) is 5.62. The molecule has 0 spiro atoms. The molecule has 0 saturated carbocycles. The lowest BCUT2D eigenvalue weighted by atomic mass is 10.2. The molecule has 1 heterocycles. The largest absolute Gasteiger partial charge is 0.414 e. The number of aromatic nitrogens is 2. The van der Waals surface area contributed by atoms with Gasteiger partial charge in [0.25, 0.3) is 11.1 Å². The van der Waals surface area contributed by atoms with Crippen molar-refractivity contribution >= 4 is 39.3 Å². The van der Waals surface area contributed by atoms with E-state index < -0.39 is 21.7 Å². The summed E-state index contributed by atoms with van der Waals surface area (Å²) in [5, 5.41) is 10.8. The second-order valence-electron chi connectivity index (χ2n) is 6.45. The second-order valence-corrected chi connectivity index (χ2v) is 9.93. The molecule has 31 heavy (non-hydrogen) atoms. The molecule has 3 aromatic rings. The van der Waals surface area contributed by atoms with Crippen LogP contribution in [-0.2, 0) is 22.3 Å². The number of thioether (sulfide) groups is 1. The Labute approximate surface area is 187 Å². The molecule has 1 amide bonds. The van der Waals surface area contributed by atoms with E-state index in [4.69, 9.17) is 16.0 Å². The van der Waals surface area contributed by atoms with Gasteiger partial charge in [-0.1, -0.05) is 29.4 Å². The van der Waals surface area contributed by atoms with E-state index >= 15 is 0 Å². The Kier molecular flexibility index (Phi) is 7.31. The third-order valence-electron chi connectivity index (χ3n) is 4.15. The van der Waals surface area contributed by atoms with Crippen LogP contribution in [0, 0.1) is 5.82 Å². The van der Waals surface area contributed by atoms with Crippen molar-refractivity contribution in [1.29, 1.82) is 0 Å². The number of rotatable bonds is 8. The molecular formula is C19H18ClFN4O4S2. The quantitative estimate of drug-likeness (QED) is 0.489. The van der Waals surface area contributed by atoms with Gasteiger partial charge < -0.3 is 9.73 Å². The highest BCUT2D eigenvalue weighted by atomic mass is 35.5. The summed E-state index contributed by atoms with van der Waals surface area (Å²) in [7, 11) is -0.712. The first kappa shape index (κ1) is 23.2. The highest BCUT2D eigenvalue weighted by molar-refractivity contribution is 7.98. The van der Waals surface area contributed by atoms with E-state index in [0.717, 1.165) is 16.1 Å². The van der Waals surface area contributed by atoms with Crippen LogP contribution in [0.1, 0.15) is 21.8 Å². The second kappa shape index (κ2) is 9.77. The first-order valence-electron chi connectivity index (χ1n) is 8.87. The summed E-state index contributed by atoms with van der Waals surface area (Å²) in [4.78, 5) is 12.4. The van der Waals surface area contributed by atoms with Gasteiger partial charge in [-0.15, -0.1) is 10.2 Å². The number of carbonyl (C=O) groups excluding carboxylic acids is 1. The molecule has 8 nitrogen and oxygen atoms in total. The van der Waals surface area contributed by atoms with Gasteiger partial charge in [0.1, 0.15) is 5.82 Å². The van der Waals surface area contributed by atoms with E-state index in [2.05, 4.69) is 15.5 Å². The molecule has 0 bridgehead atoms. The van der Waals surface area contributed by atoms with Gasteiger partial charge in [0.05, 0.1) is 11.4 Å². The summed E-state index contributed by atoms with van der Waals surface area (Å²) in [6.45, 7) is -0.0232. The topological polar surface area (TPSA) is 105 Å². The fourth-order valence-corrected chi connectivity index (χ4v) is 4.44. The number of carbonyl (C=O) groups is 1. The Balaban J connectivity index is 1.56. The molecule has 0 atom stereocenters. The summed E-state index contributed by atoms with van der Waals surface area (Å²) < 4.78 is 44.5. The average molecular weight is 485 g/mol. The van der Waals surface area contributed by atoms with Crippen LogP contribution in [0.3, 0.4) is 0 Å². The maximum absolute atomic E-state index is 13.8. The number of halogens is 2. The Bertz CT molecular complexity index is 1160. The fourth-order valence-electron chi connectivity index (χ4n) is 2.42. The molecule has 1 N–H and O–H groups in total. The van der Waals surface area contributed by atoms with Gasteiger partial charge in [-0.25, -0.2) is 17.1 Å². The molecular weight excluding hydrogens is 467 g/mol. The lowest BCUT2D eigenvalue weighted by Crippen LogP contribution is -2.24. The Morgan fingerprint density at radius 3 is 2.55 bits per heavy atom. The third-order valence-corrected chi connectivity index (χ3v) is 7.17. The Morgan fingerprint density at radius 2 is 1.90 bits per heavy atom. The minimum absolute atomic E-state index is 0.0232. The summed E-state index contributed by atoms with van der Waals surface area (Å²) in [5.74, 6) is -0.472. The molecule has 0 saturated heterocycles. The normalized spacial score (nSPS) is 11.6. The molecule has 0 unspecified atom stereocenters. The van der Waals surface area contributed by atoms with Crippen LogP contribution in [0.2, 0.25) is 5.02 Å². The van der Waals surface area contributed by atoms with Crippen molar-refractivity contribution in [2.24, 2.45) is 0 Å². The molecule has 0 aliphatic carbocycles. The van der Waals surface area contributed by atoms with Crippen LogP contribution in [-0.4, -0.2) is 42.9 Å². The van der Waals surface area contributed by atoms with Crippen LogP contribution in [0.25, 0.3) is 0 Å². The van der Waals surface area contributed by atoms with Crippen LogP contribution >= 0.6 is 23.4 Å². The number of nitrogens with one attached hydrogen (secondary N) is 1. The first-order chi connectivity index (χ1) is 14.7. The molecule has 3 rings (SSSR count). The molecule has 0 fully saturated rings. The van der Waals surface area contributed by atoms with Gasteiger partial charge in [-0.05, 0) is 36.4 Å². The van der Waals surface area contributed by atoms with Gasteiger partial charge >= 0.3 is 0 Å². The van der Waals surface area contributed by atoms with Crippen LogP contribution in [0.4, 0.5) is 4.39 Å². The summed E-state index contributed by atoms with van der Waals surface area (Å²) in [6.07, 6.45) is 0. The molecule has 2 aromatic carbocycles. The lowest BCUT2D eigenvalue weighted by molar-refractivity contribution is 0.0946. The zero-order valence-electron chi connectivity index (χ0n) is 16.5. The molecule has 0 radical (unpaired) electrons. The minimum atomic E-state index is -3.57. The van der Waals surface area contributed by atoms with Gasteiger partial charge in [0.15, 0.2) is 0 Å². The highest BCUT2D eigenvalue weighted by Crippen LogP contribution is 2.27. The zero-order valence-corrected chi connectivity index (χ0v) is 18.9. The minimum Gasteiger partial charge on any atom is -0.414 e. The van der Waals surface area contributed by atoms with Crippen molar-refractivity contribution in [2.45, 2.75) is 22.4 Å². The molecule has 164 valence electrons. The van der Waals surface area contributed by atoms with Gasteiger partial charge in [0, 0.05) is 36.0 Å². The summed E-state index contributed by atoms with van der Waals surface area (Å²) >= 11 is 7.11. The van der Waals surface area contributed by atoms with Crippen LogP contribution in [0.5, 0.6) is 0 Å². The van der Waals surface area contributed by atoms with E-state index in [-0.39, 0.29) is 33.9 Å². The fraction of sp³-hybridized carbons (Fsp3) is 0.211. The number of hydrogen-bond donors (Lipinski definition) is 1. The van der Waals surface area contributed by atoms with Crippen molar-refractivity contribution in [3.8, 4) is 0 Å². The predicted molar refractivity (Wildman–Crippen MR) is 114 cm³/mol. The Morgan fingerprint density at radius 1 is 1.19 bits per heavy atom. The number of sulfonamides is 1. The molecule has 0 aliphatic heterocycles. The average Bonchev–Trinajstić information content (AvgIpc) is 3.19. The number of amides is 1. The van der Waals surface area contributed by atoms with Crippen molar-refractivity contribution in [3.63, 3.8) is 0 Å². The van der Waals surface area contributed by atoms with Gasteiger partial charge in [-0.2, -0.15) is 0 Å². The van der Waals surface area contributed by atoms with Crippen LogP contribution in [0.15, 0.2) is 57.0 Å². The van der Waals surface area contributed by atoms with Crippen molar-refractivity contribution in [1.82, 2.24) is 19.8 Å². The van der Waals surface area contributed by atoms with E-state index in [1.54, 1.807) is 6.07 Å². The molecule has 12 heteroatoms. The first-order valence-corrected chi connectivity index (χ1v) is 11.7. The standard InChI is InChI=1S/C19H18ClFN4O4S2/c1-25(2)31(27,28)13-8-6-12(7-9-13)18(26)22-10-17-23-24-19(29-17)30-11-14-15(20)4-3-5-16(14)21/h3-9H,10-11H2,1-2H3,(H,22,26). The number of hydrogen-bond acceptors (Lipinski definition) is 7. The SMILES string of the molecule is CN(C)S(=O)(=O)c1ccc(C(=O)NCc2nnc(SCc3c(F)cccc3Cl)o2)cc1. The maximum atomic E-state index is 13.8. The monoisotopic (exact) mass is 484 g/mol. The van der Waals surface area contributed by atoms with Crippen LogP contribution < -0.4 is 5.32 Å². The number of benzene rings is 2. The van der Waals surface area contributed by atoms with Gasteiger partial charge in [-0.3, -0.25) is 4.79 Å². The highest BCUT2D eigenvalue weighted by Gasteiger charge is 2.18. The maximum Gasteiger partial charge on any atom is 0.276 e. The predicted octanol–water partition coefficient (Wildman–Crippen LogP) is 3.33. The molecule has 1 aromatic heterocycles.